The zero-order valence-corrected chi connectivity index (χ0v) is 9.18. The molecule has 5 nitrogen and oxygen atoms in total. The van der Waals surface area contributed by atoms with Crippen LogP contribution in [0.1, 0.15) is 12.8 Å². The van der Waals surface area contributed by atoms with Crippen LogP contribution in [0.15, 0.2) is 12.7 Å². The van der Waals surface area contributed by atoms with Crippen LogP contribution < -0.4 is 5.32 Å². The molecule has 0 aromatic rings. The summed E-state index contributed by atoms with van der Waals surface area (Å²) in [6.45, 7) is 3.39. The monoisotopic (exact) mass is 232 g/mol. The molecule has 5 atom stereocenters. The maximum atomic E-state index is 11.6. The first-order chi connectivity index (χ1) is 8.11. The fourth-order valence-corrected chi connectivity index (χ4v) is 3.58. The molecule has 2 aliphatic carbocycles. The summed E-state index contributed by atoms with van der Waals surface area (Å²) in [5.41, 5.74) is -0.634. The normalized spacial score (nSPS) is 45.2. The molecule has 1 aliphatic heterocycles. The van der Waals surface area contributed by atoms with Gasteiger partial charge in [0.05, 0.1) is 23.4 Å². The maximum Gasteiger partial charge on any atom is 0.309 e. The Morgan fingerprint density at radius 1 is 1.65 bits per heavy atom. The van der Waals surface area contributed by atoms with Crippen molar-refractivity contribution >= 4 is 11.9 Å². The number of nitriles is 1. The minimum Gasteiger partial charge on any atom is -0.460 e. The zero-order chi connectivity index (χ0) is 12.2. The third-order valence-electron chi connectivity index (χ3n) is 4.31. The van der Waals surface area contributed by atoms with E-state index in [1.165, 1.54) is 6.08 Å². The number of amides is 1. The van der Waals surface area contributed by atoms with Crippen molar-refractivity contribution in [2.45, 2.75) is 25.0 Å². The Kier molecular flexibility index (Phi) is 1.88. The van der Waals surface area contributed by atoms with Crippen molar-refractivity contribution in [1.29, 1.82) is 5.26 Å². The summed E-state index contributed by atoms with van der Waals surface area (Å²) in [5.74, 6) is -0.585. The molecule has 0 aromatic heterocycles. The molecule has 0 radical (unpaired) electrons. The highest BCUT2D eigenvalue weighted by atomic mass is 16.6. The molecule has 17 heavy (non-hydrogen) atoms. The Morgan fingerprint density at radius 3 is 3.06 bits per heavy atom. The number of hydrogen-bond donors (Lipinski definition) is 1. The lowest BCUT2D eigenvalue weighted by Gasteiger charge is -2.31. The average Bonchev–Trinajstić information content (AvgIpc) is 2.90. The first kappa shape index (κ1) is 10.3. The van der Waals surface area contributed by atoms with Crippen molar-refractivity contribution in [1.82, 2.24) is 5.32 Å². The van der Waals surface area contributed by atoms with Gasteiger partial charge in [0.2, 0.25) is 5.91 Å². The van der Waals surface area contributed by atoms with Gasteiger partial charge >= 0.3 is 5.97 Å². The van der Waals surface area contributed by atoms with Gasteiger partial charge in [-0.2, -0.15) is 5.26 Å². The van der Waals surface area contributed by atoms with Crippen LogP contribution in [0, 0.1) is 28.6 Å². The van der Waals surface area contributed by atoms with Gasteiger partial charge in [0.15, 0.2) is 0 Å². The Balaban J connectivity index is 1.94. The van der Waals surface area contributed by atoms with Crippen molar-refractivity contribution in [3.63, 3.8) is 0 Å². The molecule has 0 spiro atoms. The van der Waals surface area contributed by atoms with Crippen LogP contribution in [-0.4, -0.2) is 24.0 Å². The predicted molar refractivity (Wildman–Crippen MR) is 56.3 cm³/mol. The van der Waals surface area contributed by atoms with Crippen LogP contribution >= 0.6 is 0 Å². The summed E-state index contributed by atoms with van der Waals surface area (Å²) in [6, 6.07) is 1.90. The third-order valence-corrected chi connectivity index (χ3v) is 4.31. The van der Waals surface area contributed by atoms with Gasteiger partial charge in [0.25, 0.3) is 0 Å². The molecule has 2 saturated carbocycles. The van der Waals surface area contributed by atoms with E-state index in [-0.39, 0.29) is 35.9 Å². The number of esters is 1. The molecule has 5 unspecified atom stereocenters. The second-order valence-corrected chi connectivity index (χ2v) is 5.04. The number of hydrogen-bond acceptors (Lipinski definition) is 4. The topological polar surface area (TPSA) is 79.2 Å². The van der Waals surface area contributed by atoms with E-state index >= 15 is 0 Å². The molecule has 1 saturated heterocycles. The van der Waals surface area contributed by atoms with Crippen LogP contribution in [0.2, 0.25) is 0 Å². The number of fused-ring (bicyclic) bond motifs is 1. The van der Waals surface area contributed by atoms with Gasteiger partial charge in [-0.25, -0.2) is 0 Å². The van der Waals surface area contributed by atoms with Gasteiger partial charge in [-0.1, -0.05) is 6.58 Å². The fraction of sp³-hybridized carbons (Fsp3) is 0.583. The summed E-state index contributed by atoms with van der Waals surface area (Å²) in [4.78, 5) is 23.0. The second-order valence-electron chi connectivity index (χ2n) is 5.04. The summed E-state index contributed by atoms with van der Waals surface area (Å²) < 4.78 is 5.28. The minimum atomic E-state index is -0.634. The molecule has 3 fully saturated rings. The Hall–Kier alpha value is -1.83. The lowest BCUT2D eigenvalue weighted by Crippen LogP contribution is -2.50. The molecule has 1 N–H and O–H groups in total. The molecular weight excluding hydrogens is 220 g/mol. The van der Waals surface area contributed by atoms with E-state index in [1.807, 2.05) is 0 Å². The van der Waals surface area contributed by atoms with Crippen LogP contribution in [0.3, 0.4) is 0 Å². The van der Waals surface area contributed by atoms with Gasteiger partial charge < -0.3 is 10.1 Å². The van der Waals surface area contributed by atoms with Gasteiger partial charge in [-0.3, -0.25) is 9.59 Å². The number of ether oxygens (including phenoxy) is 1. The van der Waals surface area contributed by atoms with E-state index < -0.39 is 5.41 Å². The molecule has 0 aromatic carbocycles. The van der Waals surface area contributed by atoms with Crippen molar-refractivity contribution in [3.05, 3.63) is 12.7 Å². The second kappa shape index (κ2) is 3.10. The highest BCUT2D eigenvalue weighted by Crippen LogP contribution is 2.61. The molecule has 2 bridgehead atoms. The summed E-state index contributed by atoms with van der Waals surface area (Å²) >= 11 is 0. The van der Waals surface area contributed by atoms with E-state index in [2.05, 4.69) is 18.0 Å². The number of carbonyl (C=O) groups is 2. The smallest absolute Gasteiger partial charge is 0.309 e. The van der Waals surface area contributed by atoms with E-state index in [1.54, 1.807) is 0 Å². The standard InChI is InChI=1S/C12H12N2O3/c1-2-8(15)14-10-9-6-3-12(10,5-13)4-7(6)11(16)17-9/h2,6-7,9-10H,1,3-4H2,(H,14,15). The summed E-state index contributed by atoms with van der Waals surface area (Å²) in [6.07, 6.45) is 1.99. The first-order valence-electron chi connectivity index (χ1n) is 5.66. The largest absolute Gasteiger partial charge is 0.460 e. The average molecular weight is 232 g/mol. The minimum absolute atomic E-state index is 0.0947. The molecular formula is C12H12N2O3. The lowest BCUT2D eigenvalue weighted by molar-refractivity contribution is -0.144. The van der Waals surface area contributed by atoms with Crippen molar-refractivity contribution < 1.29 is 14.3 Å². The number of rotatable bonds is 2. The maximum absolute atomic E-state index is 11.6. The third kappa shape index (κ3) is 1.13. The molecule has 5 heteroatoms. The van der Waals surface area contributed by atoms with E-state index in [0.717, 1.165) is 0 Å². The SMILES string of the molecule is C=CC(=O)NC1C2OC(=O)C3CC1(C#N)CC32. The van der Waals surface area contributed by atoms with Gasteiger partial charge in [-0.05, 0) is 18.9 Å². The first-order valence-corrected chi connectivity index (χ1v) is 5.66. The molecule has 1 amide bonds. The predicted octanol–water partition coefficient (Wildman–Crippen LogP) is 0.132. The van der Waals surface area contributed by atoms with E-state index in [9.17, 15) is 14.9 Å². The van der Waals surface area contributed by atoms with Crippen LogP contribution in [0.5, 0.6) is 0 Å². The summed E-state index contributed by atoms with van der Waals surface area (Å²) in [5, 5.41) is 12.1. The van der Waals surface area contributed by atoms with E-state index in [4.69, 9.17) is 4.74 Å². The highest BCUT2D eigenvalue weighted by molar-refractivity contribution is 5.87. The van der Waals surface area contributed by atoms with Crippen LogP contribution in [0.4, 0.5) is 0 Å². The van der Waals surface area contributed by atoms with Crippen molar-refractivity contribution in [2.75, 3.05) is 0 Å². The van der Waals surface area contributed by atoms with Crippen molar-refractivity contribution in [2.24, 2.45) is 17.3 Å². The van der Waals surface area contributed by atoms with Gasteiger partial charge in [0.1, 0.15) is 6.10 Å². The Morgan fingerprint density at radius 2 is 2.41 bits per heavy atom. The number of nitrogens with one attached hydrogen (secondary N) is 1. The molecule has 3 rings (SSSR count). The summed E-state index contributed by atoms with van der Waals surface area (Å²) in [7, 11) is 0. The molecule has 3 aliphatic rings. The van der Waals surface area contributed by atoms with E-state index in [0.29, 0.717) is 12.8 Å². The van der Waals surface area contributed by atoms with Crippen molar-refractivity contribution in [3.8, 4) is 6.07 Å². The Labute approximate surface area is 98.4 Å². The fourth-order valence-electron chi connectivity index (χ4n) is 3.58. The van der Waals surface area contributed by atoms with Gasteiger partial charge in [0, 0.05) is 5.92 Å². The molecule has 88 valence electrons. The van der Waals surface area contributed by atoms with Crippen LogP contribution in [0.25, 0.3) is 0 Å². The zero-order valence-electron chi connectivity index (χ0n) is 9.18. The molecule has 1 heterocycles. The Bertz CT molecular complexity index is 467. The highest BCUT2D eigenvalue weighted by Gasteiger charge is 2.69. The number of nitrogens with zero attached hydrogens (tertiary/aromatic N) is 1. The van der Waals surface area contributed by atoms with Crippen LogP contribution in [-0.2, 0) is 14.3 Å². The van der Waals surface area contributed by atoms with Gasteiger partial charge in [-0.15, -0.1) is 0 Å². The quantitative estimate of drug-likeness (QED) is 0.542. The number of carbonyl (C=O) groups excluding carboxylic acids is 2. The lowest BCUT2D eigenvalue weighted by atomic mass is 9.77.